The third-order valence-electron chi connectivity index (χ3n) is 3.32. The number of amides is 1. The maximum absolute atomic E-state index is 12.6. The monoisotopic (exact) mass is 310 g/mol. The molecule has 2 rings (SSSR count). The van der Waals surface area contributed by atoms with E-state index in [1.54, 1.807) is 22.7 Å². The number of carbonyl (C=O) groups excluding carboxylic acids is 1. The Morgan fingerprint density at radius 3 is 2.81 bits per heavy atom. The Kier molecular flexibility index (Phi) is 4.38. The molecule has 8 heteroatoms. The Labute approximate surface area is 127 Å². The molecule has 0 bridgehead atoms. The molecule has 3 N–H and O–H groups in total. The highest BCUT2D eigenvalue weighted by Gasteiger charge is 2.33. The van der Waals surface area contributed by atoms with Gasteiger partial charge in [0.25, 0.3) is 5.91 Å². The van der Waals surface area contributed by atoms with E-state index in [1.165, 1.54) is 12.1 Å². The minimum atomic E-state index is -0.577. The average molecular weight is 310 g/mol. The van der Waals surface area contributed by atoms with Crippen molar-refractivity contribution < 1.29 is 9.72 Å². The Morgan fingerprint density at radius 2 is 2.24 bits per heavy atom. The molecule has 1 amide bonds. The van der Waals surface area contributed by atoms with Crippen molar-refractivity contribution in [1.29, 1.82) is 0 Å². The second-order valence-electron chi connectivity index (χ2n) is 5.44. The highest BCUT2D eigenvalue weighted by molar-refractivity contribution is 8.00. The smallest absolute Gasteiger partial charge is 0.306 e. The fourth-order valence-electron chi connectivity index (χ4n) is 2.39. The number of nitrogens with zero attached hydrogens (tertiary/aromatic N) is 2. The third kappa shape index (κ3) is 3.27. The summed E-state index contributed by atoms with van der Waals surface area (Å²) in [5, 5.41) is 11.3. The predicted octanol–water partition coefficient (Wildman–Crippen LogP) is 1.85. The van der Waals surface area contributed by atoms with Gasteiger partial charge in [-0.2, -0.15) is 11.8 Å². The molecule has 0 spiro atoms. The summed E-state index contributed by atoms with van der Waals surface area (Å²) in [7, 11) is 0. The van der Waals surface area contributed by atoms with Crippen molar-refractivity contribution in [3.05, 3.63) is 33.9 Å². The van der Waals surface area contributed by atoms with Gasteiger partial charge in [0, 0.05) is 23.6 Å². The third-order valence-corrected chi connectivity index (χ3v) is 4.61. The molecule has 1 aromatic rings. The molecule has 1 heterocycles. The van der Waals surface area contributed by atoms with Crippen molar-refractivity contribution in [3.63, 3.8) is 0 Å². The molecule has 21 heavy (non-hydrogen) atoms. The summed E-state index contributed by atoms with van der Waals surface area (Å²) >= 11 is 1.79. The van der Waals surface area contributed by atoms with E-state index < -0.39 is 4.92 Å². The van der Waals surface area contributed by atoms with Gasteiger partial charge in [0.05, 0.1) is 4.92 Å². The number of nitrogens with two attached hydrogens (primary N) is 1. The van der Waals surface area contributed by atoms with Crippen LogP contribution in [0.5, 0.6) is 0 Å². The molecule has 1 aliphatic rings. The van der Waals surface area contributed by atoms with Gasteiger partial charge in [-0.15, -0.1) is 0 Å². The minimum absolute atomic E-state index is 0.0492. The number of hydrazine groups is 1. The summed E-state index contributed by atoms with van der Waals surface area (Å²) in [5.41, 5.74) is 2.20. The van der Waals surface area contributed by atoms with Crippen molar-refractivity contribution in [2.75, 3.05) is 24.3 Å². The van der Waals surface area contributed by atoms with E-state index in [0.717, 1.165) is 5.75 Å². The van der Waals surface area contributed by atoms with Crippen LogP contribution < -0.4 is 11.3 Å². The van der Waals surface area contributed by atoms with Crippen LogP contribution in [0.1, 0.15) is 24.2 Å². The van der Waals surface area contributed by atoms with Gasteiger partial charge in [-0.3, -0.25) is 20.8 Å². The normalized spacial score (nSPS) is 17.4. The number of rotatable bonds is 3. The van der Waals surface area contributed by atoms with Gasteiger partial charge in [-0.1, -0.05) is 6.07 Å². The summed E-state index contributed by atoms with van der Waals surface area (Å²) in [5.74, 6) is 5.79. The van der Waals surface area contributed by atoms with Crippen molar-refractivity contribution in [2.24, 2.45) is 5.84 Å². The molecule has 1 aliphatic heterocycles. The van der Waals surface area contributed by atoms with E-state index in [4.69, 9.17) is 5.84 Å². The fourth-order valence-corrected chi connectivity index (χ4v) is 3.50. The molecule has 0 radical (unpaired) electrons. The maximum atomic E-state index is 12.6. The Hall–Kier alpha value is -1.80. The molecule has 7 nitrogen and oxygen atoms in total. The number of nitrogen functional groups attached to an aromatic ring is 1. The van der Waals surface area contributed by atoms with Crippen LogP contribution in [-0.4, -0.2) is 39.3 Å². The topological polar surface area (TPSA) is 102 Å². The number of hydrogen-bond acceptors (Lipinski definition) is 6. The number of para-hydroxylation sites is 1. The van der Waals surface area contributed by atoms with Crippen LogP contribution in [-0.2, 0) is 0 Å². The molecule has 0 aliphatic carbocycles. The van der Waals surface area contributed by atoms with Crippen LogP contribution in [0, 0.1) is 10.1 Å². The summed E-state index contributed by atoms with van der Waals surface area (Å²) in [4.78, 5) is 25.0. The number of carbonyl (C=O) groups is 1. The van der Waals surface area contributed by atoms with E-state index in [9.17, 15) is 14.9 Å². The first-order chi connectivity index (χ1) is 9.85. The number of thioether (sulfide) groups is 1. The molecular formula is C13H18N4O3S. The van der Waals surface area contributed by atoms with Crippen LogP contribution in [0.15, 0.2) is 18.2 Å². The van der Waals surface area contributed by atoms with Crippen LogP contribution in [0.4, 0.5) is 11.4 Å². The molecule has 0 atom stereocenters. The fraction of sp³-hybridized carbons (Fsp3) is 0.462. The van der Waals surface area contributed by atoms with Gasteiger partial charge < -0.3 is 10.3 Å². The lowest BCUT2D eigenvalue weighted by Gasteiger charge is -2.37. The van der Waals surface area contributed by atoms with Gasteiger partial charge >= 0.3 is 5.69 Å². The van der Waals surface area contributed by atoms with Gasteiger partial charge in [0.1, 0.15) is 11.3 Å². The number of nitro benzene ring substituents is 1. The van der Waals surface area contributed by atoms with E-state index in [1.807, 2.05) is 0 Å². The zero-order valence-corrected chi connectivity index (χ0v) is 12.8. The van der Waals surface area contributed by atoms with E-state index in [2.05, 4.69) is 19.3 Å². The standard InChI is InChI=1S/C13H18N4O3S/c1-13(2)8-16(6-7-21-13)12(18)9-4-3-5-10(15-14)11(9)17(19)20/h3-5,15H,6-8,14H2,1-2H3. The van der Waals surface area contributed by atoms with E-state index in [0.29, 0.717) is 13.1 Å². The van der Waals surface area contributed by atoms with E-state index in [-0.39, 0.29) is 27.6 Å². The zero-order valence-electron chi connectivity index (χ0n) is 12.0. The van der Waals surface area contributed by atoms with E-state index >= 15 is 0 Å². The molecule has 1 aromatic carbocycles. The van der Waals surface area contributed by atoms with Crippen LogP contribution >= 0.6 is 11.8 Å². The quantitative estimate of drug-likeness (QED) is 0.502. The molecule has 114 valence electrons. The van der Waals surface area contributed by atoms with Gasteiger partial charge in [-0.25, -0.2) is 0 Å². The summed E-state index contributed by atoms with van der Waals surface area (Å²) in [6, 6.07) is 4.53. The average Bonchev–Trinajstić information content (AvgIpc) is 2.44. The largest absolute Gasteiger partial charge is 0.336 e. The molecule has 0 aromatic heterocycles. The summed E-state index contributed by atoms with van der Waals surface area (Å²) < 4.78 is -0.0492. The minimum Gasteiger partial charge on any atom is -0.336 e. The lowest BCUT2D eigenvalue weighted by atomic mass is 10.1. The maximum Gasteiger partial charge on any atom is 0.306 e. The number of hydrogen-bond donors (Lipinski definition) is 2. The SMILES string of the molecule is CC1(C)CN(C(=O)c2cccc(NN)c2[N+](=O)[O-])CCS1. The lowest BCUT2D eigenvalue weighted by Crippen LogP contribution is -2.46. The first-order valence-electron chi connectivity index (χ1n) is 6.53. The van der Waals surface area contributed by atoms with Crippen LogP contribution in [0.25, 0.3) is 0 Å². The highest BCUT2D eigenvalue weighted by atomic mass is 32.2. The van der Waals surface area contributed by atoms with Gasteiger partial charge in [0.15, 0.2) is 0 Å². The molecular weight excluding hydrogens is 292 g/mol. The van der Waals surface area contributed by atoms with Crippen molar-refractivity contribution >= 4 is 29.0 Å². The molecule has 0 saturated carbocycles. The summed E-state index contributed by atoms with van der Waals surface area (Å²) in [6.45, 7) is 5.27. The van der Waals surface area contributed by atoms with Crippen molar-refractivity contribution in [2.45, 2.75) is 18.6 Å². The first kappa shape index (κ1) is 15.6. The number of nitro groups is 1. The predicted molar refractivity (Wildman–Crippen MR) is 83.3 cm³/mol. The Bertz CT molecular complexity index is 577. The zero-order chi connectivity index (χ0) is 15.6. The number of benzene rings is 1. The molecule has 1 fully saturated rings. The molecule has 1 saturated heterocycles. The number of anilines is 1. The van der Waals surface area contributed by atoms with Gasteiger partial charge in [-0.05, 0) is 26.0 Å². The van der Waals surface area contributed by atoms with Crippen LogP contribution in [0.2, 0.25) is 0 Å². The highest BCUT2D eigenvalue weighted by Crippen LogP contribution is 2.33. The van der Waals surface area contributed by atoms with Gasteiger partial charge in [0.2, 0.25) is 0 Å². The van der Waals surface area contributed by atoms with Crippen LogP contribution in [0.3, 0.4) is 0 Å². The molecule has 0 unspecified atom stereocenters. The lowest BCUT2D eigenvalue weighted by molar-refractivity contribution is -0.384. The number of nitrogens with one attached hydrogen (secondary N) is 1. The Balaban J connectivity index is 2.37. The Morgan fingerprint density at radius 1 is 1.52 bits per heavy atom. The second kappa shape index (κ2) is 5.90. The van der Waals surface area contributed by atoms with Crippen molar-refractivity contribution in [1.82, 2.24) is 4.90 Å². The first-order valence-corrected chi connectivity index (χ1v) is 7.51. The summed E-state index contributed by atoms with van der Waals surface area (Å²) in [6.07, 6.45) is 0. The van der Waals surface area contributed by atoms with Crippen molar-refractivity contribution in [3.8, 4) is 0 Å². The second-order valence-corrected chi connectivity index (χ2v) is 7.24.